The van der Waals surface area contributed by atoms with E-state index in [2.05, 4.69) is 11.8 Å². The maximum absolute atomic E-state index is 8.62. The highest BCUT2D eigenvalue weighted by molar-refractivity contribution is 7.12. The third-order valence-corrected chi connectivity index (χ3v) is 3.58. The third kappa shape index (κ3) is 4.45. The molecule has 0 radical (unpaired) electrons. The van der Waals surface area contributed by atoms with Crippen molar-refractivity contribution in [3.05, 3.63) is 50.1 Å². The largest absolute Gasteiger partial charge is 0.488 e. The SMILES string of the molecule is OCC#Cc1ccc(COc2cc(Cl)cc(Cl)c2)s1. The van der Waals surface area contributed by atoms with Gasteiger partial charge >= 0.3 is 0 Å². The van der Waals surface area contributed by atoms with Gasteiger partial charge in [0.25, 0.3) is 0 Å². The third-order valence-electron chi connectivity index (χ3n) is 2.17. The van der Waals surface area contributed by atoms with E-state index >= 15 is 0 Å². The van der Waals surface area contributed by atoms with Gasteiger partial charge < -0.3 is 9.84 Å². The van der Waals surface area contributed by atoms with Gasteiger partial charge in [-0.25, -0.2) is 0 Å². The number of ether oxygens (including phenoxy) is 1. The van der Waals surface area contributed by atoms with Crippen LogP contribution in [-0.2, 0) is 6.61 Å². The predicted octanol–water partition coefficient (Wildman–Crippen LogP) is 3.98. The van der Waals surface area contributed by atoms with Crippen molar-refractivity contribution < 1.29 is 9.84 Å². The van der Waals surface area contributed by atoms with Crippen molar-refractivity contribution in [2.75, 3.05) is 6.61 Å². The van der Waals surface area contributed by atoms with Gasteiger partial charge in [-0.05, 0) is 30.3 Å². The molecule has 1 aromatic heterocycles. The highest BCUT2D eigenvalue weighted by Gasteiger charge is 2.02. The molecule has 0 saturated carbocycles. The normalized spacial score (nSPS) is 9.84. The number of hydrogen-bond acceptors (Lipinski definition) is 3. The highest BCUT2D eigenvalue weighted by Crippen LogP contribution is 2.25. The number of thiophene rings is 1. The van der Waals surface area contributed by atoms with E-state index in [-0.39, 0.29) is 6.61 Å². The molecule has 19 heavy (non-hydrogen) atoms. The Bertz CT molecular complexity index is 606. The average Bonchev–Trinajstić information content (AvgIpc) is 2.81. The molecule has 1 aromatic carbocycles. The second-order valence-corrected chi connectivity index (χ2v) is 5.66. The molecule has 2 nitrogen and oxygen atoms in total. The first-order valence-electron chi connectivity index (χ1n) is 5.45. The minimum Gasteiger partial charge on any atom is -0.488 e. The number of rotatable bonds is 3. The second kappa shape index (κ2) is 6.83. The average molecular weight is 313 g/mol. The molecule has 0 aliphatic carbocycles. The van der Waals surface area contributed by atoms with Gasteiger partial charge in [0, 0.05) is 14.9 Å². The van der Waals surface area contributed by atoms with E-state index in [0.29, 0.717) is 22.4 Å². The van der Waals surface area contributed by atoms with Gasteiger partial charge in [-0.2, -0.15) is 0 Å². The Kier molecular flexibility index (Phi) is 5.12. The summed E-state index contributed by atoms with van der Waals surface area (Å²) in [7, 11) is 0. The zero-order valence-electron chi connectivity index (χ0n) is 9.82. The molecule has 0 spiro atoms. The zero-order chi connectivity index (χ0) is 13.7. The highest BCUT2D eigenvalue weighted by atomic mass is 35.5. The fourth-order valence-electron chi connectivity index (χ4n) is 1.42. The summed E-state index contributed by atoms with van der Waals surface area (Å²) in [5.41, 5.74) is 0. The summed E-state index contributed by atoms with van der Waals surface area (Å²) in [5.74, 6) is 6.09. The van der Waals surface area contributed by atoms with Gasteiger partial charge in [0.2, 0.25) is 0 Å². The van der Waals surface area contributed by atoms with Gasteiger partial charge in [-0.1, -0.05) is 35.0 Å². The standard InChI is InChI=1S/C14H10Cl2O2S/c15-10-6-11(16)8-12(7-10)18-9-14-4-3-13(19-14)2-1-5-17/h3-4,6-8,17H,5,9H2. The second-order valence-electron chi connectivity index (χ2n) is 3.62. The van der Waals surface area contributed by atoms with Gasteiger partial charge in [0.05, 0.1) is 4.88 Å². The molecule has 2 rings (SSSR count). The van der Waals surface area contributed by atoms with Crippen molar-refractivity contribution in [3.63, 3.8) is 0 Å². The summed E-state index contributed by atoms with van der Waals surface area (Å²) in [6.07, 6.45) is 0. The smallest absolute Gasteiger partial charge is 0.122 e. The van der Waals surface area contributed by atoms with Gasteiger partial charge in [-0.15, -0.1) is 11.3 Å². The van der Waals surface area contributed by atoms with Crippen LogP contribution >= 0.6 is 34.5 Å². The first kappa shape index (κ1) is 14.2. The molecular weight excluding hydrogens is 303 g/mol. The molecule has 1 heterocycles. The van der Waals surface area contributed by atoms with Crippen LogP contribution in [0.4, 0.5) is 0 Å². The van der Waals surface area contributed by atoms with E-state index in [4.69, 9.17) is 33.0 Å². The van der Waals surface area contributed by atoms with Crippen LogP contribution in [0.1, 0.15) is 9.75 Å². The van der Waals surface area contributed by atoms with E-state index in [0.717, 1.165) is 9.75 Å². The lowest BCUT2D eigenvalue weighted by Crippen LogP contribution is -1.92. The molecule has 98 valence electrons. The molecule has 0 amide bonds. The Labute approximate surface area is 125 Å². The molecule has 0 aliphatic rings. The summed E-state index contributed by atoms with van der Waals surface area (Å²) in [6.45, 7) is 0.299. The van der Waals surface area contributed by atoms with Gasteiger partial charge in [0.1, 0.15) is 19.0 Å². The lowest BCUT2D eigenvalue weighted by Gasteiger charge is -2.05. The molecule has 0 unspecified atom stereocenters. The summed E-state index contributed by atoms with van der Waals surface area (Å²) in [6, 6.07) is 8.93. The fraction of sp³-hybridized carbons (Fsp3) is 0.143. The summed E-state index contributed by atoms with van der Waals surface area (Å²) in [5, 5.41) is 9.71. The van der Waals surface area contributed by atoms with Crippen molar-refractivity contribution in [2.24, 2.45) is 0 Å². The number of halogens is 2. The Morgan fingerprint density at radius 2 is 1.89 bits per heavy atom. The van der Waals surface area contributed by atoms with E-state index in [1.165, 1.54) is 11.3 Å². The molecule has 0 bridgehead atoms. The topological polar surface area (TPSA) is 29.5 Å². The van der Waals surface area contributed by atoms with Crippen LogP contribution in [0.2, 0.25) is 10.0 Å². The lowest BCUT2D eigenvalue weighted by molar-refractivity contribution is 0.310. The quantitative estimate of drug-likeness (QED) is 0.869. The summed E-state index contributed by atoms with van der Waals surface area (Å²) in [4.78, 5) is 1.94. The monoisotopic (exact) mass is 312 g/mol. The van der Waals surface area contributed by atoms with Crippen molar-refractivity contribution in [2.45, 2.75) is 6.61 Å². The van der Waals surface area contributed by atoms with Crippen molar-refractivity contribution >= 4 is 34.5 Å². The molecule has 0 fully saturated rings. The van der Waals surface area contributed by atoms with Crippen molar-refractivity contribution in [3.8, 4) is 17.6 Å². The molecule has 2 aromatic rings. The van der Waals surface area contributed by atoms with E-state index in [1.807, 2.05) is 12.1 Å². The van der Waals surface area contributed by atoms with Crippen LogP contribution in [0.5, 0.6) is 5.75 Å². The van der Waals surface area contributed by atoms with Crippen LogP contribution < -0.4 is 4.74 Å². The summed E-state index contributed by atoms with van der Waals surface area (Å²) >= 11 is 13.3. The Morgan fingerprint density at radius 3 is 2.58 bits per heavy atom. The van der Waals surface area contributed by atoms with E-state index in [9.17, 15) is 0 Å². The number of aliphatic hydroxyl groups is 1. The molecule has 0 atom stereocenters. The van der Waals surface area contributed by atoms with E-state index in [1.54, 1.807) is 18.2 Å². The maximum Gasteiger partial charge on any atom is 0.122 e. The summed E-state index contributed by atoms with van der Waals surface area (Å²) < 4.78 is 5.62. The maximum atomic E-state index is 8.62. The van der Waals surface area contributed by atoms with Gasteiger partial charge in [0.15, 0.2) is 0 Å². The minimum absolute atomic E-state index is 0.134. The molecule has 1 N–H and O–H groups in total. The van der Waals surface area contributed by atoms with Crippen molar-refractivity contribution in [1.29, 1.82) is 0 Å². The lowest BCUT2D eigenvalue weighted by atomic mass is 10.3. The number of hydrogen-bond donors (Lipinski definition) is 1. The van der Waals surface area contributed by atoms with E-state index < -0.39 is 0 Å². The van der Waals surface area contributed by atoms with Crippen LogP contribution in [0.25, 0.3) is 0 Å². The Balaban J connectivity index is 2.00. The molecule has 0 aliphatic heterocycles. The predicted molar refractivity (Wildman–Crippen MR) is 79.1 cm³/mol. The Hall–Kier alpha value is -1.18. The first-order valence-corrected chi connectivity index (χ1v) is 7.02. The minimum atomic E-state index is -0.134. The van der Waals surface area contributed by atoms with Crippen LogP contribution in [0, 0.1) is 11.8 Å². The van der Waals surface area contributed by atoms with Crippen molar-refractivity contribution in [1.82, 2.24) is 0 Å². The fourth-order valence-corrected chi connectivity index (χ4v) is 2.72. The zero-order valence-corrected chi connectivity index (χ0v) is 12.1. The number of aliphatic hydroxyl groups excluding tert-OH is 1. The Morgan fingerprint density at radius 1 is 1.16 bits per heavy atom. The molecule has 5 heteroatoms. The first-order chi connectivity index (χ1) is 9.17. The van der Waals surface area contributed by atoms with Crippen LogP contribution in [0.3, 0.4) is 0 Å². The number of benzene rings is 1. The molecule has 0 saturated heterocycles. The van der Waals surface area contributed by atoms with Gasteiger partial charge in [-0.3, -0.25) is 0 Å². The van der Waals surface area contributed by atoms with Crippen LogP contribution in [-0.4, -0.2) is 11.7 Å². The molecular formula is C14H10Cl2O2S. The van der Waals surface area contributed by atoms with Crippen LogP contribution in [0.15, 0.2) is 30.3 Å².